The third-order valence-electron chi connectivity index (χ3n) is 8.80. The molecule has 0 saturated carbocycles. The average molecular weight is 524 g/mol. The van der Waals surface area contributed by atoms with Crippen LogP contribution >= 0.6 is 0 Å². The van der Waals surface area contributed by atoms with Gasteiger partial charge in [-0.3, -0.25) is 0 Å². The predicted octanol–water partition coefficient (Wildman–Crippen LogP) is 10.1. The molecule has 0 amide bonds. The molecule has 0 saturated heterocycles. The lowest BCUT2D eigenvalue weighted by atomic mass is 9.76. The molecule has 3 aromatic rings. The van der Waals surface area contributed by atoms with Gasteiger partial charge in [0.2, 0.25) is 0 Å². The van der Waals surface area contributed by atoms with Crippen molar-refractivity contribution < 1.29 is 0 Å². The van der Waals surface area contributed by atoms with Crippen molar-refractivity contribution in [2.45, 2.75) is 57.9 Å². The smallest absolute Gasteiger partial charge is 0.0557 e. The Labute approximate surface area is 241 Å². The van der Waals surface area contributed by atoms with Crippen molar-refractivity contribution >= 4 is 5.69 Å². The molecule has 0 fully saturated rings. The Hall–Kier alpha value is -3.84. The van der Waals surface area contributed by atoms with Gasteiger partial charge in [0, 0.05) is 17.3 Å². The molecule has 4 atom stereocenters. The van der Waals surface area contributed by atoms with E-state index in [-0.39, 0.29) is 0 Å². The monoisotopic (exact) mass is 523 g/mol. The van der Waals surface area contributed by atoms with E-state index in [1.807, 2.05) is 0 Å². The zero-order valence-corrected chi connectivity index (χ0v) is 23.9. The SMILES string of the molecule is Cc1cccc(C(c2ccccc2)C2C=CC(C3=CCC(N(C4=CCCC(C)C4)c4ccccc4)C=C3)=CC2)c1. The summed E-state index contributed by atoms with van der Waals surface area (Å²) in [5, 5.41) is 0. The number of para-hydroxylation sites is 1. The first kappa shape index (κ1) is 26.4. The number of benzene rings is 3. The minimum absolute atomic E-state index is 0.354. The summed E-state index contributed by atoms with van der Waals surface area (Å²) in [4.78, 5) is 2.59. The molecule has 0 N–H and O–H groups in total. The molecule has 3 aromatic carbocycles. The molecule has 40 heavy (non-hydrogen) atoms. The molecule has 0 aliphatic heterocycles. The molecule has 0 aromatic heterocycles. The number of allylic oxidation sites excluding steroid dienone is 8. The zero-order valence-electron chi connectivity index (χ0n) is 23.9. The van der Waals surface area contributed by atoms with E-state index in [2.05, 4.69) is 146 Å². The summed E-state index contributed by atoms with van der Waals surface area (Å²) >= 11 is 0. The molecule has 202 valence electrons. The maximum Gasteiger partial charge on any atom is 0.0557 e. The second-order valence-electron chi connectivity index (χ2n) is 11.8. The van der Waals surface area contributed by atoms with Gasteiger partial charge in [-0.2, -0.15) is 0 Å². The number of anilines is 1. The molecule has 1 nitrogen and oxygen atoms in total. The zero-order chi connectivity index (χ0) is 27.3. The van der Waals surface area contributed by atoms with Crippen LogP contribution in [0.25, 0.3) is 0 Å². The molecular weight excluding hydrogens is 482 g/mol. The Balaban J connectivity index is 1.20. The van der Waals surface area contributed by atoms with Crippen LogP contribution in [-0.4, -0.2) is 6.04 Å². The van der Waals surface area contributed by atoms with Gasteiger partial charge in [0.1, 0.15) is 0 Å². The lowest BCUT2D eigenvalue weighted by molar-refractivity contribution is 0.494. The van der Waals surface area contributed by atoms with Crippen LogP contribution in [0.3, 0.4) is 0 Å². The van der Waals surface area contributed by atoms with Crippen molar-refractivity contribution in [1.82, 2.24) is 0 Å². The van der Waals surface area contributed by atoms with Crippen LogP contribution in [-0.2, 0) is 0 Å². The maximum absolute atomic E-state index is 2.59. The Bertz CT molecular complexity index is 1450. The van der Waals surface area contributed by atoms with Crippen LogP contribution in [0, 0.1) is 18.8 Å². The van der Waals surface area contributed by atoms with E-state index < -0.39 is 0 Å². The van der Waals surface area contributed by atoms with Crippen molar-refractivity contribution in [1.29, 1.82) is 0 Å². The van der Waals surface area contributed by atoms with Gasteiger partial charge in [0.05, 0.1) is 6.04 Å². The van der Waals surface area contributed by atoms with Gasteiger partial charge in [0.15, 0.2) is 0 Å². The van der Waals surface area contributed by atoms with Crippen LogP contribution in [0.5, 0.6) is 0 Å². The quantitative estimate of drug-likeness (QED) is 0.298. The summed E-state index contributed by atoms with van der Waals surface area (Å²) in [5.74, 6) is 1.55. The Kier molecular flexibility index (Phi) is 8.00. The van der Waals surface area contributed by atoms with Crippen LogP contribution < -0.4 is 4.90 Å². The second kappa shape index (κ2) is 12.1. The predicted molar refractivity (Wildman–Crippen MR) is 170 cm³/mol. The minimum Gasteiger partial charge on any atom is -0.338 e. The fraction of sp³-hybridized carbons (Fsp3) is 0.282. The third-order valence-corrected chi connectivity index (χ3v) is 8.80. The van der Waals surface area contributed by atoms with Crippen molar-refractivity contribution in [3.63, 3.8) is 0 Å². The molecular formula is C39H41N. The van der Waals surface area contributed by atoms with Gasteiger partial charge in [0.25, 0.3) is 0 Å². The average Bonchev–Trinajstić information content (AvgIpc) is 3.00. The number of aryl methyl sites for hydroxylation is 1. The van der Waals surface area contributed by atoms with Crippen LogP contribution in [0.2, 0.25) is 0 Å². The summed E-state index contributed by atoms with van der Waals surface area (Å²) in [6.07, 6.45) is 22.7. The standard InChI is InChI=1S/C39H41N/c1-29-11-9-15-35(27-29)39(33-13-5-3-6-14-33)34-21-19-31(20-22-34)32-23-25-37(26-24-32)40(36-16-7-4-8-17-36)38-18-10-12-30(2)28-38/h3-9,11,13-21,23-25,27,30,34,37,39H,10,12,22,26,28H2,1-2H3. The summed E-state index contributed by atoms with van der Waals surface area (Å²) < 4.78 is 0. The first-order valence-electron chi connectivity index (χ1n) is 15.1. The molecule has 0 spiro atoms. The van der Waals surface area contributed by atoms with Gasteiger partial charge in [-0.1, -0.05) is 128 Å². The number of rotatable bonds is 7. The largest absolute Gasteiger partial charge is 0.338 e. The van der Waals surface area contributed by atoms with Crippen molar-refractivity contribution in [2.24, 2.45) is 11.8 Å². The molecule has 1 heteroatoms. The van der Waals surface area contributed by atoms with Crippen LogP contribution in [0.4, 0.5) is 5.69 Å². The summed E-state index contributed by atoms with van der Waals surface area (Å²) in [5.41, 5.74) is 9.63. The fourth-order valence-corrected chi connectivity index (χ4v) is 6.76. The lowest BCUT2D eigenvalue weighted by Gasteiger charge is -2.37. The van der Waals surface area contributed by atoms with Crippen LogP contribution in [0.1, 0.15) is 61.6 Å². The molecule has 3 aliphatic carbocycles. The number of nitrogens with zero attached hydrogens (tertiary/aromatic N) is 1. The number of hydrogen-bond acceptors (Lipinski definition) is 1. The van der Waals surface area contributed by atoms with Gasteiger partial charge in [-0.25, -0.2) is 0 Å². The first-order chi connectivity index (χ1) is 19.7. The summed E-state index contributed by atoms with van der Waals surface area (Å²) in [6.45, 7) is 4.58. The highest BCUT2D eigenvalue weighted by atomic mass is 15.2. The van der Waals surface area contributed by atoms with Gasteiger partial charge in [-0.05, 0) is 85.3 Å². The molecule has 4 unspecified atom stereocenters. The van der Waals surface area contributed by atoms with Gasteiger partial charge >= 0.3 is 0 Å². The first-order valence-corrected chi connectivity index (χ1v) is 15.1. The van der Waals surface area contributed by atoms with E-state index in [9.17, 15) is 0 Å². The van der Waals surface area contributed by atoms with E-state index >= 15 is 0 Å². The Morgan fingerprint density at radius 2 is 1.43 bits per heavy atom. The fourth-order valence-electron chi connectivity index (χ4n) is 6.76. The van der Waals surface area contributed by atoms with E-state index in [4.69, 9.17) is 0 Å². The second-order valence-corrected chi connectivity index (χ2v) is 11.8. The highest BCUT2D eigenvalue weighted by Gasteiger charge is 2.27. The number of hydrogen-bond donors (Lipinski definition) is 0. The summed E-state index contributed by atoms with van der Waals surface area (Å²) in [7, 11) is 0. The maximum atomic E-state index is 2.59. The topological polar surface area (TPSA) is 3.24 Å². The highest BCUT2D eigenvalue weighted by Crippen LogP contribution is 2.39. The minimum atomic E-state index is 0.354. The van der Waals surface area contributed by atoms with Crippen molar-refractivity contribution in [3.05, 3.63) is 161 Å². The molecule has 0 radical (unpaired) electrons. The van der Waals surface area contributed by atoms with Gasteiger partial charge < -0.3 is 4.90 Å². The van der Waals surface area contributed by atoms with E-state index in [1.165, 1.54) is 52.1 Å². The Morgan fingerprint density at radius 3 is 2.08 bits per heavy atom. The van der Waals surface area contributed by atoms with Crippen molar-refractivity contribution in [2.75, 3.05) is 4.90 Å². The lowest BCUT2D eigenvalue weighted by Crippen LogP contribution is -2.35. The molecule has 0 heterocycles. The summed E-state index contributed by atoms with van der Waals surface area (Å²) in [6, 6.07) is 31.4. The molecule has 0 bridgehead atoms. The Morgan fingerprint density at radius 1 is 0.725 bits per heavy atom. The van der Waals surface area contributed by atoms with Crippen molar-refractivity contribution in [3.8, 4) is 0 Å². The highest BCUT2D eigenvalue weighted by molar-refractivity contribution is 5.57. The molecule has 6 rings (SSSR count). The van der Waals surface area contributed by atoms with E-state index in [0.29, 0.717) is 17.9 Å². The third kappa shape index (κ3) is 5.85. The van der Waals surface area contributed by atoms with E-state index in [0.717, 1.165) is 25.2 Å². The van der Waals surface area contributed by atoms with Gasteiger partial charge in [-0.15, -0.1) is 0 Å². The normalized spacial score (nSPS) is 23.1. The molecule has 3 aliphatic rings. The van der Waals surface area contributed by atoms with E-state index in [1.54, 1.807) is 0 Å². The van der Waals surface area contributed by atoms with Crippen LogP contribution in [0.15, 0.2) is 144 Å².